The van der Waals surface area contributed by atoms with E-state index in [1.165, 1.54) is 5.01 Å². The van der Waals surface area contributed by atoms with E-state index in [1.54, 1.807) is 25.3 Å². The Hall–Kier alpha value is -4.00. The maximum Gasteiger partial charge on any atom is 0.281 e. The van der Waals surface area contributed by atoms with Gasteiger partial charge in [-0.3, -0.25) is 4.79 Å². The van der Waals surface area contributed by atoms with E-state index in [2.05, 4.69) is 5.10 Å². The van der Waals surface area contributed by atoms with Gasteiger partial charge in [0.05, 0.1) is 18.9 Å². The molecule has 0 saturated carbocycles. The summed E-state index contributed by atoms with van der Waals surface area (Å²) in [6.07, 6.45) is 0.617. The highest BCUT2D eigenvalue weighted by atomic mass is 16.7. The Labute approximate surface area is 185 Å². The van der Waals surface area contributed by atoms with Gasteiger partial charge in [0.1, 0.15) is 11.5 Å². The zero-order chi connectivity index (χ0) is 21.9. The number of fused-ring (bicyclic) bond motifs is 1. The Balaban J connectivity index is 1.36. The van der Waals surface area contributed by atoms with Crippen LogP contribution in [-0.2, 0) is 4.79 Å². The number of rotatable bonds is 6. The van der Waals surface area contributed by atoms with Crippen LogP contribution < -0.4 is 18.9 Å². The van der Waals surface area contributed by atoms with E-state index in [1.807, 2.05) is 54.6 Å². The van der Waals surface area contributed by atoms with Gasteiger partial charge in [0, 0.05) is 12.5 Å². The molecule has 2 aliphatic heterocycles. The van der Waals surface area contributed by atoms with E-state index >= 15 is 0 Å². The molecule has 0 aliphatic carbocycles. The lowest BCUT2D eigenvalue weighted by Crippen LogP contribution is -2.31. The predicted octanol–water partition coefficient (Wildman–Crippen LogP) is 4.18. The Morgan fingerprint density at radius 1 is 1.00 bits per heavy atom. The lowest BCUT2D eigenvalue weighted by atomic mass is 9.98. The van der Waals surface area contributed by atoms with Gasteiger partial charge >= 0.3 is 0 Å². The molecular weight excluding hydrogens is 408 g/mol. The van der Waals surface area contributed by atoms with Crippen molar-refractivity contribution in [2.75, 3.05) is 20.5 Å². The number of carbonyl (C=O) groups excluding carboxylic acids is 1. The van der Waals surface area contributed by atoms with Crippen molar-refractivity contribution in [2.45, 2.75) is 12.5 Å². The van der Waals surface area contributed by atoms with Crippen molar-refractivity contribution in [2.24, 2.45) is 5.10 Å². The van der Waals surface area contributed by atoms with Crippen LogP contribution >= 0.6 is 0 Å². The minimum absolute atomic E-state index is 0.141. The van der Waals surface area contributed by atoms with Crippen LogP contribution in [-0.4, -0.2) is 37.1 Å². The molecule has 0 spiro atoms. The molecule has 1 atom stereocenters. The summed E-state index contributed by atoms with van der Waals surface area (Å²) in [5.41, 5.74) is 2.85. The highest BCUT2D eigenvalue weighted by Crippen LogP contribution is 2.36. The van der Waals surface area contributed by atoms with Crippen LogP contribution in [0.2, 0.25) is 0 Å². The van der Waals surface area contributed by atoms with Gasteiger partial charge in [0.25, 0.3) is 5.91 Å². The second-order valence-electron chi connectivity index (χ2n) is 7.45. The number of hydrazone groups is 1. The number of amides is 1. The Morgan fingerprint density at radius 2 is 1.75 bits per heavy atom. The largest absolute Gasteiger partial charge is 0.497 e. The summed E-state index contributed by atoms with van der Waals surface area (Å²) in [5, 5.41) is 6.20. The van der Waals surface area contributed by atoms with Gasteiger partial charge in [0.15, 0.2) is 18.1 Å². The average molecular weight is 430 g/mol. The minimum atomic E-state index is -0.227. The molecule has 0 aromatic heterocycles. The summed E-state index contributed by atoms with van der Waals surface area (Å²) < 4.78 is 21.7. The zero-order valence-corrected chi connectivity index (χ0v) is 17.6. The molecule has 1 amide bonds. The van der Waals surface area contributed by atoms with Crippen LogP contribution in [0.15, 0.2) is 77.9 Å². The molecule has 2 aliphatic rings. The molecule has 2 heterocycles. The van der Waals surface area contributed by atoms with E-state index in [0.717, 1.165) is 22.6 Å². The summed E-state index contributed by atoms with van der Waals surface area (Å²) in [7, 11) is 1.63. The molecule has 7 nitrogen and oxygen atoms in total. The van der Waals surface area contributed by atoms with Crippen LogP contribution in [0.4, 0.5) is 0 Å². The molecular formula is C25H22N2O5. The average Bonchev–Trinajstić information content (AvgIpc) is 3.50. The van der Waals surface area contributed by atoms with E-state index in [0.29, 0.717) is 23.7 Å². The third kappa shape index (κ3) is 3.97. The number of ether oxygens (including phenoxy) is 4. The third-order valence-corrected chi connectivity index (χ3v) is 5.48. The highest BCUT2D eigenvalue weighted by Gasteiger charge is 2.33. The van der Waals surface area contributed by atoms with Crippen molar-refractivity contribution in [1.29, 1.82) is 0 Å². The Morgan fingerprint density at radius 3 is 2.53 bits per heavy atom. The first kappa shape index (κ1) is 19.9. The molecule has 32 heavy (non-hydrogen) atoms. The molecule has 0 unspecified atom stereocenters. The number of benzene rings is 3. The number of nitrogens with zero attached hydrogens (tertiary/aromatic N) is 2. The highest BCUT2D eigenvalue weighted by molar-refractivity contribution is 6.03. The van der Waals surface area contributed by atoms with Crippen molar-refractivity contribution in [3.63, 3.8) is 0 Å². The van der Waals surface area contributed by atoms with E-state index in [4.69, 9.17) is 18.9 Å². The fraction of sp³-hybridized carbons (Fsp3) is 0.200. The van der Waals surface area contributed by atoms with Crippen LogP contribution in [0.1, 0.15) is 23.6 Å². The van der Waals surface area contributed by atoms with E-state index in [-0.39, 0.29) is 25.3 Å². The Kier molecular flexibility index (Phi) is 5.37. The summed E-state index contributed by atoms with van der Waals surface area (Å²) >= 11 is 0. The molecule has 0 saturated heterocycles. The number of hydrogen-bond acceptors (Lipinski definition) is 6. The smallest absolute Gasteiger partial charge is 0.281 e. The molecule has 3 aromatic rings. The molecule has 0 N–H and O–H groups in total. The van der Waals surface area contributed by atoms with Gasteiger partial charge in [0.2, 0.25) is 6.79 Å². The number of hydrogen-bond donors (Lipinski definition) is 0. The topological polar surface area (TPSA) is 69.6 Å². The quantitative estimate of drug-likeness (QED) is 0.587. The second-order valence-corrected chi connectivity index (χ2v) is 7.45. The van der Waals surface area contributed by atoms with Crippen molar-refractivity contribution in [1.82, 2.24) is 5.01 Å². The van der Waals surface area contributed by atoms with Crippen molar-refractivity contribution in [3.8, 4) is 23.0 Å². The van der Waals surface area contributed by atoms with E-state index in [9.17, 15) is 4.79 Å². The molecule has 0 radical (unpaired) electrons. The third-order valence-electron chi connectivity index (χ3n) is 5.48. The first-order chi connectivity index (χ1) is 15.7. The first-order valence-corrected chi connectivity index (χ1v) is 10.3. The summed E-state index contributed by atoms with van der Waals surface area (Å²) in [4.78, 5) is 13.1. The fourth-order valence-electron chi connectivity index (χ4n) is 3.81. The monoisotopic (exact) mass is 430 g/mol. The molecule has 3 aromatic carbocycles. The molecule has 7 heteroatoms. The SMILES string of the molecule is COc1ccc([C@H]2CC(c3ccccc3)=NN2C(=O)COc2ccc3c(c2)OCO3)cc1. The van der Waals surface area contributed by atoms with Gasteiger partial charge in [-0.05, 0) is 35.4 Å². The standard InChI is InChI=1S/C25H22N2O5/c1-29-19-9-7-18(8-10-19)22-14-21(17-5-3-2-4-6-17)26-27(22)25(28)15-30-20-11-12-23-24(13-20)32-16-31-23/h2-13,22H,14-16H2,1H3/t22-/m1/s1. The van der Waals surface area contributed by atoms with Crippen molar-refractivity contribution >= 4 is 11.6 Å². The number of methoxy groups -OCH3 is 1. The van der Waals surface area contributed by atoms with Gasteiger partial charge in [-0.15, -0.1) is 0 Å². The molecule has 0 fully saturated rings. The van der Waals surface area contributed by atoms with Crippen LogP contribution in [0.25, 0.3) is 0 Å². The predicted molar refractivity (Wildman–Crippen MR) is 118 cm³/mol. The lowest BCUT2D eigenvalue weighted by molar-refractivity contribution is -0.135. The van der Waals surface area contributed by atoms with Gasteiger partial charge in [-0.25, -0.2) is 5.01 Å². The van der Waals surface area contributed by atoms with Gasteiger partial charge in [-0.2, -0.15) is 5.10 Å². The summed E-state index contributed by atoms with van der Waals surface area (Å²) in [5.74, 6) is 2.35. The lowest BCUT2D eigenvalue weighted by Gasteiger charge is -2.22. The molecule has 5 rings (SSSR count). The zero-order valence-electron chi connectivity index (χ0n) is 17.6. The summed E-state index contributed by atoms with van der Waals surface area (Å²) in [6, 6.07) is 22.6. The minimum Gasteiger partial charge on any atom is -0.497 e. The van der Waals surface area contributed by atoms with Crippen molar-refractivity contribution in [3.05, 3.63) is 83.9 Å². The normalized spacial score (nSPS) is 16.6. The van der Waals surface area contributed by atoms with Crippen LogP contribution in [0.5, 0.6) is 23.0 Å². The van der Waals surface area contributed by atoms with Crippen LogP contribution in [0.3, 0.4) is 0 Å². The second kappa shape index (κ2) is 8.63. The summed E-state index contributed by atoms with van der Waals surface area (Å²) in [6.45, 7) is 0.0455. The Bertz CT molecular complexity index is 1140. The first-order valence-electron chi connectivity index (χ1n) is 10.3. The van der Waals surface area contributed by atoms with Gasteiger partial charge in [-0.1, -0.05) is 42.5 Å². The van der Waals surface area contributed by atoms with Crippen LogP contribution in [0, 0.1) is 0 Å². The van der Waals surface area contributed by atoms with Gasteiger partial charge < -0.3 is 18.9 Å². The maximum absolute atomic E-state index is 13.1. The maximum atomic E-state index is 13.1. The molecule has 0 bridgehead atoms. The number of carbonyl (C=O) groups is 1. The van der Waals surface area contributed by atoms with Crippen molar-refractivity contribution < 1.29 is 23.7 Å². The van der Waals surface area contributed by atoms with E-state index < -0.39 is 0 Å². The molecule has 162 valence electrons. The fourth-order valence-corrected chi connectivity index (χ4v) is 3.81.